The lowest BCUT2D eigenvalue weighted by atomic mass is 10.1. The Morgan fingerprint density at radius 2 is 2.14 bits per heavy atom. The van der Waals surface area contributed by atoms with Crippen LogP contribution in [0.3, 0.4) is 0 Å². The Labute approximate surface area is 132 Å². The highest BCUT2D eigenvalue weighted by molar-refractivity contribution is 9.10. The zero-order valence-electron chi connectivity index (χ0n) is 12.3. The molecule has 0 radical (unpaired) electrons. The number of nitrogens with zero attached hydrogens (tertiary/aromatic N) is 2. The van der Waals surface area contributed by atoms with E-state index >= 15 is 0 Å². The van der Waals surface area contributed by atoms with E-state index in [0.29, 0.717) is 18.2 Å². The molecule has 1 aliphatic rings. The van der Waals surface area contributed by atoms with Gasteiger partial charge in [-0.05, 0) is 60.3 Å². The maximum absolute atomic E-state index is 14.0. The van der Waals surface area contributed by atoms with Crippen LogP contribution < -0.4 is 5.32 Å². The van der Waals surface area contributed by atoms with Crippen LogP contribution >= 0.6 is 15.9 Å². The Morgan fingerprint density at radius 3 is 2.76 bits per heavy atom. The number of aromatic nitrogens is 2. The second kappa shape index (κ2) is 5.89. The molecule has 3 nitrogen and oxygen atoms in total. The maximum atomic E-state index is 14.0. The minimum atomic E-state index is -0.172. The van der Waals surface area contributed by atoms with Crippen molar-refractivity contribution in [3.05, 3.63) is 51.0 Å². The maximum Gasteiger partial charge on any atom is 0.128 e. The summed E-state index contributed by atoms with van der Waals surface area (Å²) in [5.41, 5.74) is 3.76. The summed E-state index contributed by atoms with van der Waals surface area (Å²) in [6.07, 6.45) is 2.52. The van der Waals surface area contributed by atoms with Crippen molar-refractivity contribution >= 4 is 15.9 Å². The van der Waals surface area contributed by atoms with Gasteiger partial charge in [-0.25, -0.2) is 4.39 Å². The van der Waals surface area contributed by atoms with Crippen LogP contribution in [0, 0.1) is 19.7 Å². The van der Waals surface area contributed by atoms with Gasteiger partial charge in [-0.2, -0.15) is 5.10 Å². The van der Waals surface area contributed by atoms with Crippen molar-refractivity contribution in [2.45, 2.75) is 45.8 Å². The van der Waals surface area contributed by atoms with Crippen LogP contribution in [0.15, 0.2) is 22.7 Å². The SMILES string of the molecule is Cc1nn(Cc2cc(CNC3CC3)ccc2F)c(C)c1Br. The lowest BCUT2D eigenvalue weighted by molar-refractivity contribution is 0.576. The van der Waals surface area contributed by atoms with Gasteiger partial charge in [0.25, 0.3) is 0 Å². The van der Waals surface area contributed by atoms with Crippen LogP contribution in [-0.4, -0.2) is 15.8 Å². The molecule has 0 saturated heterocycles. The smallest absolute Gasteiger partial charge is 0.128 e. The molecule has 1 saturated carbocycles. The molecular formula is C16H19BrFN3. The lowest BCUT2D eigenvalue weighted by Crippen LogP contribution is -2.16. The first kappa shape index (κ1) is 14.7. The third-order valence-electron chi connectivity index (χ3n) is 3.90. The third-order valence-corrected chi connectivity index (χ3v) is 5.04. The summed E-state index contributed by atoms with van der Waals surface area (Å²) in [6.45, 7) is 5.19. The molecule has 0 bridgehead atoms. The molecule has 1 N–H and O–H groups in total. The number of halogens is 2. The Hall–Kier alpha value is -1.20. The summed E-state index contributed by atoms with van der Waals surface area (Å²) in [7, 11) is 0. The molecule has 0 amide bonds. The van der Waals surface area contributed by atoms with Crippen LogP contribution in [0.1, 0.15) is 35.4 Å². The predicted molar refractivity (Wildman–Crippen MR) is 84.8 cm³/mol. The van der Waals surface area contributed by atoms with Crippen molar-refractivity contribution in [1.82, 2.24) is 15.1 Å². The molecule has 1 aliphatic carbocycles. The lowest BCUT2D eigenvalue weighted by Gasteiger charge is -2.09. The quantitative estimate of drug-likeness (QED) is 0.889. The number of benzene rings is 1. The minimum absolute atomic E-state index is 0.172. The number of hydrogen-bond donors (Lipinski definition) is 1. The van der Waals surface area contributed by atoms with Crippen LogP contribution in [0.4, 0.5) is 4.39 Å². The first-order valence-electron chi connectivity index (χ1n) is 7.25. The molecule has 2 aromatic rings. The van der Waals surface area contributed by atoms with E-state index in [4.69, 9.17) is 0 Å². The van der Waals surface area contributed by atoms with Gasteiger partial charge in [0.05, 0.1) is 22.4 Å². The largest absolute Gasteiger partial charge is 0.310 e. The monoisotopic (exact) mass is 351 g/mol. The van der Waals surface area contributed by atoms with E-state index in [9.17, 15) is 4.39 Å². The Kier molecular flexibility index (Phi) is 4.13. The molecule has 1 fully saturated rings. The van der Waals surface area contributed by atoms with E-state index in [1.165, 1.54) is 12.8 Å². The van der Waals surface area contributed by atoms with Crippen LogP contribution in [0.5, 0.6) is 0 Å². The zero-order chi connectivity index (χ0) is 15.0. The van der Waals surface area contributed by atoms with Gasteiger partial charge < -0.3 is 5.32 Å². The van der Waals surface area contributed by atoms with Crippen LogP contribution in [0.2, 0.25) is 0 Å². The number of rotatable bonds is 5. The molecule has 112 valence electrons. The Bertz CT molecular complexity index is 662. The zero-order valence-corrected chi connectivity index (χ0v) is 13.9. The summed E-state index contributed by atoms with van der Waals surface area (Å²) in [6, 6.07) is 6.01. The van der Waals surface area contributed by atoms with E-state index in [-0.39, 0.29) is 5.82 Å². The molecule has 0 aliphatic heterocycles. The molecule has 0 unspecified atom stereocenters. The first-order valence-corrected chi connectivity index (χ1v) is 8.04. The number of nitrogens with one attached hydrogen (secondary N) is 1. The molecule has 21 heavy (non-hydrogen) atoms. The van der Waals surface area contributed by atoms with Gasteiger partial charge in [0, 0.05) is 18.2 Å². The molecule has 1 aromatic carbocycles. The van der Waals surface area contributed by atoms with Crippen molar-refractivity contribution in [2.75, 3.05) is 0 Å². The van der Waals surface area contributed by atoms with Gasteiger partial charge in [-0.1, -0.05) is 6.07 Å². The molecule has 1 aromatic heterocycles. The van der Waals surface area contributed by atoms with Crippen molar-refractivity contribution in [2.24, 2.45) is 0 Å². The summed E-state index contributed by atoms with van der Waals surface area (Å²) >= 11 is 3.51. The third kappa shape index (κ3) is 3.35. The average Bonchev–Trinajstić information content (AvgIpc) is 3.26. The predicted octanol–water partition coefficient (Wildman–Crippen LogP) is 3.70. The number of aryl methyl sites for hydroxylation is 1. The van der Waals surface area contributed by atoms with E-state index in [0.717, 1.165) is 28.0 Å². The van der Waals surface area contributed by atoms with Crippen molar-refractivity contribution in [3.63, 3.8) is 0 Å². The molecule has 5 heteroatoms. The van der Waals surface area contributed by atoms with E-state index in [1.807, 2.05) is 30.7 Å². The highest BCUT2D eigenvalue weighted by atomic mass is 79.9. The van der Waals surface area contributed by atoms with E-state index in [2.05, 4.69) is 26.3 Å². The highest BCUT2D eigenvalue weighted by Gasteiger charge is 2.20. The Balaban J connectivity index is 1.79. The second-order valence-corrected chi connectivity index (χ2v) is 6.52. The van der Waals surface area contributed by atoms with Crippen molar-refractivity contribution < 1.29 is 4.39 Å². The fourth-order valence-corrected chi connectivity index (χ4v) is 2.68. The van der Waals surface area contributed by atoms with Crippen molar-refractivity contribution in [3.8, 4) is 0 Å². The molecule has 3 rings (SSSR count). The van der Waals surface area contributed by atoms with E-state index < -0.39 is 0 Å². The molecular weight excluding hydrogens is 333 g/mol. The van der Waals surface area contributed by atoms with Crippen LogP contribution in [-0.2, 0) is 13.1 Å². The van der Waals surface area contributed by atoms with Gasteiger partial charge in [0.15, 0.2) is 0 Å². The molecule has 0 atom stereocenters. The standard InChI is InChI=1S/C16H19BrFN3/c1-10-16(17)11(2)21(20-10)9-13-7-12(3-6-15(13)18)8-19-14-4-5-14/h3,6-7,14,19H,4-5,8-9H2,1-2H3. The average molecular weight is 352 g/mol. The van der Waals surface area contributed by atoms with Crippen molar-refractivity contribution in [1.29, 1.82) is 0 Å². The van der Waals surface area contributed by atoms with Gasteiger partial charge in [0.1, 0.15) is 5.82 Å². The first-order chi connectivity index (χ1) is 10.0. The normalized spacial score (nSPS) is 14.7. The molecule has 0 spiro atoms. The number of hydrogen-bond acceptors (Lipinski definition) is 2. The van der Waals surface area contributed by atoms with Gasteiger partial charge >= 0.3 is 0 Å². The highest BCUT2D eigenvalue weighted by Crippen LogP contribution is 2.22. The summed E-state index contributed by atoms with van der Waals surface area (Å²) < 4.78 is 16.9. The summed E-state index contributed by atoms with van der Waals surface area (Å²) in [4.78, 5) is 0. The Morgan fingerprint density at radius 1 is 1.38 bits per heavy atom. The fourth-order valence-electron chi connectivity index (χ4n) is 2.40. The van der Waals surface area contributed by atoms with Crippen LogP contribution in [0.25, 0.3) is 0 Å². The fraction of sp³-hybridized carbons (Fsp3) is 0.438. The summed E-state index contributed by atoms with van der Waals surface area (Å²) in [5, 5.41) is 7.90. The summed E-state index contributed by atoms with van der Waals surface area (Å²) in [5.74, 6) is -0.172. The van der Waals surface area contributed by atoms with E-state index in [1.54, 1.807) is 6.07 Å². The molecule has 1 heterocycles. The van der Waals surface area contributed by atoms with Gasteiger partial charge in [-0.15, -0.1) is 0 Å². The minimum Gasteiger partial charge on any atom is -0.310 e. The second-order valence-electron chi connectivity index (χ2n) is 5.72. The topological polar surface area (TPSA) is 29.9 Å². The van der Waals surface area contributed by atoms with Gasteiger partial charge in [0.2, 0.25) is 0 Å². The van der Waals surface area contributed by atoms with Gasteiger partial charge in [-0.3, -0.25) is 4.68 Å².